The van der Waals surface area contributed by atoms with Crippen molar-refractivity contribution in [1.29, 1.82) is 0 Å². The predicted octanol–water partition coefficient (Wildman–Crippen LogP) is 0.807. The molecule has 0 aromatic carbocycles. The van der Waals surface area contributed by atoms with E-state index in [9.17, 15) is 13.2 Å². The molecule has 4 rings (SSSR count). The van der Waals surface area contributed by atoms with Gasteiger partial charge in [-0.1, -0.05) is 0 Å². The van der Waals surface area contributed by atoms with Crippen LogP contribution in [0.1, 0.15) is 32.1 Å². The zero-order chi connectivity index (χ0) is 18.1. The van der Waals surface area contributed by atoms with Crippen LogP contribution in [0.3, 0.4) is 0 Å². The maximum absolute atomic E-state index is 12.4. The summed E-state index contributed by atoms with van der Waals surface area (Å²) >= 11 is 0. The molecule has 3 fully saturated rings. The monoisotopic (exact) mass is 379 g/mol. The number of hydrogen-bond donors (Lipinski definition) is 1. The summed E-state index contributed by atoms with van der Waals surface area (Å²) in [5, 5.41) is 2.89. The Morgan fingerprint density at radius 1 is 1.15 bits per heavy atom. The Morgan fingerprint density at radius 3 is 2.46 bits per heavy atom. The van der Waals surface area contributed by atoms with Crippen molar-refractivity contribution in [3.63, 3.8) is 0 Å². The van der Waals surface area contributed by atoms with Gasteiger partial charge in [0.1, 0.15) is 12.1 Å². The summed E-state index contributed by atoms with van der Waals surface area (Å²) < 4.78 is 23.1. The third-order valence-corrected chi connectivity index (χ3v) is 7.24. The van der Waals surface area contributed by atoms with Gasteiger partial charge < -0.3 is 15.1 Å². The smallest absolute Gasteiger partial charge is 0.317 e. The van der Waals surface area contributed by atoms with Crippen LogP contribution < -0.4 is 10.2 Å². The fourth-order valence-corrected chi connectivity index (χ4v) is 5.66. The fraction of sp³-hybridized carbons (Fsp3) is 0.706. The van der Waals surface area contributed by atoms with Crippen LogP contribution in [0.2, 0.25) is 0 Å². The first-order chi connectivity index (χ1) is 12.5. The highest BCUT2D eigenvalue weighted by molar-refractivity contribution is 7.91. The molecule has 0 radical (unpaired) electrons. The number of nitrogens with zero attached hydrogens (tertiary/aromatic N) is 4. The molecule has 3 heterocycles. The molecule has 0 spiro atoms. The number of nitrogens with one attached hydrogen (secondary N) is 1. The minimum absolute atomic E-state index is 0.0678. The third-order valence-electron chi connectivity index (χ3n) is 5.48. The van der Waals surface area contributed by atoms with E-state index in [4.69, 9.17) is 0 Å². The number of amides is 2. The molecule has 142 valence electrons. The van der Waals surface area contributed by atoms with Gasteiger partial charge in [-0.2, -0.15) is 0 Å². The summed E-state index contributed by atoms with van der Waals surface area (Å²) in [6.45, 7) is 1.37. The maximum Gasteiger partial charge on any atom is 0.317 e. The highest BCUT2D eigenvalue weighted by Gasteiger charge is 2.37. The van der Waals surface area contributed by atoms with Crippen LogP contribution in [-0.4, -0.2) is 72.0 Å². The first kappa shape index (κ1) is 17.5. The molecular formula is C17H25N5O3S. The summed E-state index contributed by atoms with van der Waals surface area (Å²) in [6.07, 6.45) is 8.07. The van der Waals surface area contributed by atoms with E-state index < -0.39 is 9.84 Å². The molecule has 2 aliphatic heterocycles. The second-order valence-electron chi connectivity index (χ2n) is 7.47. The Balaban J connectivity index is 1.33. The SMILES string of the molecule is O=C(NC1CCS(=O)(=O)C1)N1CCC(N(c2ccncn2)C2CC2)CC1. The number of carbonyl (C=O) groups is 1. The average Bonchev–Trinajstić information content (AvgIpc) is 3.40. The number of piperidine rings is 1. The van der Waals surface area contributed by atoms with E-state index in [1.54, 1.807) is 12.5 Å². The van der Waals surface area contributed by atoms with Gasteiger partial charge >= 0.3 is 6.03 Å². The number of anilines is 1. The van der Waals surface area contributed by atoms with Gasteiger partial charge in [-0.15, -0.1) is 0 Å². The molecule has 9 heteroatoms. The maximum atomic E-state index is 12.4. The standard InChI is InChI=1S/C17H25N5O3S/c23-17(20-13-6-10-26(24,25)11-13)21-8-4-15(5-9-21)22(14-1-2-14)16-3-7-18-12-19-16/h3,7,12-15H,1-2,4-6,8-11H2,(H,20,23). The van der Waals surface area contributed by atoms with Crippen LogP contribution in [-0.2, 0) is 9.84 Å². The van der Waals surface area contributed by atoms with E-state index >= 15 is 0 Å². The van der Waals surface area contributed by atoms with Gasteiger partial charge in [0.25, 0.3) is 0 Å². The number of sulfone groups is 1. The Hall–Kier alpha value is -1.90. The zero-order valence-electron chi connectivity index (χ0n) is 14.7. The summed E-state index contributed by atoms with van der Waals surface area (Å²) in [4.78, 5) is 25.1. The lowest BCUT2D eigenvalue weighted by atomic mass is 10.0. The molecule has 0 bridgehead atoms. The zero-order valence-corrected chi connectivity index (χ0v) is 15.6. The van der Waals surface area contributed by atoms with Crippen LogP contribution in [0, 0.1) is 0 Å². The molecule has 2 saturated heterocycles. The number of hydrogen-bond acceptors (Lipinski definition) is 6. The van der Waals surface area contributed by atoms with Crippen molar-refractivity contribution < 1.29 is 13.2 Å². The average molecular weight is 379 g/mol. The molecule has 2 amide bonds. The summed E-state index contributed by atoms with van der Waals surface area (Å²) in [6, 6.07) is 2.52. The van der Waals surface area contributed by atoms with Gasteiger partial charge in [-0.25, -0.2) is 23.2 Å². The molecule has 1 aromatic heterocycles. The molecule has 1 saturated carbocycles. The number of carbonyl (C=O) groups excluding carboxylic acids is 1. The molecule has 3 aliphatic rings. The Kier molecular flexibility index (Phi) is 4.73. The van der Waals surface area contributed by atoms with E-state index in [-0.39, 0.29) is 23.6 Å². The Bertz CT molecular complexity index is 745. The molecule has 8 nitrogen and oxygen atoms in total. The van der Waals surface area contributed by atoms with E-state index in [0.29, 0.717) is 31.6 Å². The second-order valence-corrected chi connectivity index (χ2v) is 9.70. The predicted molar refractivity (Wildman–Crippen MR) is 97.7 cm³/mol. The number of likely N-dealkylation sites (tertiary alicyclic amines) is 1. The van der Waals surface area contributed by atoms with Crippen molar-refractivity contribution >= 4 is 21.7 Å². The molecule has 26 heavy (non-hydrogen) atoms. The van der Waals surface area contributed by atoms with Crippen molar-refractivity contribution in [2.24, 2.45) is 0 Å². The van der Waals surface area contributed by atoms with Gasteiger partial charge in [0.15, 0.2) is 9.84 Å². The summed E-state index contributed by atoms with van der Waals surface area (Å²) in [7, 11) is -2.98. The number of urea groups is 1. The Labute approximate surface area is 153 Å². The van der Waals surface area contributed by atoms with Crippen LogP contribution in [0.15, 0.2) is 18.6 Å². The fourth-order valence-electron chi connectivity index (χ4n) is 3.98. The van der Waals surface area contributed by atoms with Crippen molar-refractivity contribution in [2.45, 2.75) is 50.2 Å². The lowest BCUT2D eigenvalue weighted by Crippen LogP contribution is -2.52. The van der Waals surface area contributed by atoms with Gasteiger partial charge in [-0.3, -0.25) is 0 Å². The largest absolute Gasteiger partial charge is 0.350 e. The van der Waals surface area contributed by atoms with Crippen molar-refractivity contribution in [3.05, 3.63) is 18.6 Å². The van der Waals surface area contributed by atoms with Gasteiger partial charge in [-0.05, 0) is 38.2 Å². The topological polar surface area (TPSA) is 95.5 Å². The van der Waals surface area contributed by atoms with Crippen LogP contribution in [0.4, 0.5) is 10.6 Å². The van der Waals surface area contributed by atoms with Crippen molar-refractivity contribution in [3.8, 4) is 0 Å². The van der Waals surface area contributed by atoms with Crippen molar-refractivity contribution in [2.75, 3.05) is 29.5 Å². The second kappa shape index (κ2) is 7.02. The van der Waals surface area contributed by atoms with Gasteiger partial charge in [0.2, 0.25) is 0 Å². The van der Waals surface area contributed by atoms with Gasteiger partial charge in [0.05, 0.1) is 11.5 Å². The molecule has 1 aromatic rings. The van der Waals surface area contributed by atoms with Crippen LogP contribution in [0.5, 0.6) is 0 Å². The molecule has 1 N–H and O–H groups in total. The molecule has 1 atom stereocenters. The lowest BCUT2D eigenvalue weighted by Gasteiger charge is -2.39. The first-order valence-electron chi connectivity index (χ1n) is 9.32. The molecule has 1 aliphatic carbocycles. The van der Waals surface area contributed by atoms with E-state index in [2.05, 4.69) is 20.2 Å². The highest BCUT2D eigenvalue weighted by Crippen LogP contribution is 2.35. The van der Waals surface area contributed by atoms with E-state index in [0.717, 1.165) is 18.7 Å². The number of rotatable bonds is 4. The quantitative estimate of drug-likeness (QED) is 0.832. The molecular weight excluding hydrogens is 354 g/mol. The molecule has 1 unspecified atom stereocenters. The summed E-state index contributed by atoms with van der Waals surface area (Å²) in [5.41, 5.74) is 0. The number of aromatic nitrogens is 2. The summed E-state index contributed by atoms with van der Waals surface area (Å²) in [5.74, 6) is 1.22. The van der Waals surface area contributed by atoms with E-state index in [1.807, 2.05) is 11.0 Å². The minimum Gasteiger partial charge on any atom is -0.350 e. The lowest BCUT2D eigenvalue weighted by molar-refractivity contribution is 0.177. The Morgan fingerprint density at radius 2 is 1.88 bits per heavy atom. The van der Waals surface area contributed by atoms with E-state index in [1.165, 1.54) is 12.8 Å². The normalized spacial score (nSPS) is 25.8. The van der Waals surface area contributed by atoms with Crippen molar-refractivity contribution in [1.82, 2.24) is 20.2 Å². The van der Waals surface area contributed by atoms with Gasteiger partial charge in [0, 0.05) is 37.4 Å². The van der Waals surface area contributed by atoms with Crippen LogP contribution in [0.25, 0.3) is 0 Å². The first-order valence-corrected chi connectivity index (χ1v) is 11.1. The minimum atomic E-state index is -2.98. The van der Waals surface area contributed by atoms with Crippen LogP contribution >= 0.6 is 0 Å². The third kappa shape index (κ3) is 3.92. The highest BCUT2D eigenvalue weighted by atomic mass is 32.2.